The Hall–Kier alpha value is -3.60. The van der Waals surface area contributed by atoms with Crippen LogP contribution in [-0.4, -0.2) is 36.3 Å². The van der Waals surface area contributed by atoms with Crippen molar-refractivity contribution < 1.29 is 9.59 Å². The van der Waals surface area contributed by atoms with Crippen LogP contribution in [0.4, 0.5) is 11.4 Å². The summed E-state index contributed by atoms with van der Waals surface area (Å²) in [6, 6.07) is 27.5. The first kappa shape index (κ1) is 23.6. The van der Waals surface area contributed by atoms with Crippen LogP contribution in [0, 0.1) is 0 Å². The van der Waals surface area contributed by atoms with Gasteiger partial charge in [-0.1, -0.05) is 73.5 Å². The van der Waals surface area contributed by atoms with Crippen molar-refractivity contribution in [2.45, 2.75) is 44.2 Å². The van der Waals surface area contributed by atoms with E-state index in [4.69, 9.17) is 0 Å². The van der Waals surface area contributed by atoms with Crippen molar-refractivity contribution in [3.8, 4) is 0 Å². The topological polar surface area (TPSA) is 52.7 Å². The van der Waals surface area contributed by atoms with Gasteiger partial charge in [0.1, 0.15) is 5.54 Å². The van der Waals surface area contributed by atoms with Crippen molar-refractivity contribution in [2.24, 2.45) is 0 Å². The second kappa shape index (κ2) is 10.6. The molecule has 176 valence electrons. The van der Waals surface area contributed by atoms with Gasteiger partial charge in [-0.2, -0.15) is 0 Å². The zero-order chi connectivity index (χ0) is 24.0. The van der Waals surface area contributed by atoms with E-state index in [2.05, 4.69) is 5.32 Å². The summed E-state index contributed by atoms with van der Waals surface area (Å²) < 4.78 is 0. The molecule has 3 aromatic rings. The molecular weight excluding hydrogens is 422 g/mol. The number of rotatable bonds is 8. The molecule has 0 heterocycles. The van der Waals surface area contributed by atoms with Crippen molar-refractivity contribution in [3.63, 3.8) is 0 Å². The second-order valence-corrected chi connectivity index (χ2v) is 9.26. The molecule has 4 rings (SSSR count). The van der Waals surface area contributed by atoms with Gasteiger partial charge < -0.3 is 15.1 Å². The Morgan fingerprint density at radius 3 is 1.91 bits per heavy atom. The van der Waals surface area contributed by atoms with E-state index in [1.165, 1.54) is 0 Å². The number of carbonyl (C=O) groups excluding carboxylic acids is 2. The number of hydrogen-bond acceptors (Lipinski definition) is 3. The quantitative estimate of drug-likeness (QED) is 0.503. The molecular formula is C29H33N3O2. The molecule has 3 aromatic carbocycles. The zero-order valence-corrected chi connectivity index (χ0v) is 20.0. The fourth-order valence-corrected chi connectivity index (χ4v) is 4.78. The first-order valence-corrected chi connectivity index (χ1v) is 12.0. The fraction of sp³-hybridized carbons (Fsp3) is 0.310. The predicted molar refractivity (Wildman–Crippen MR) is 138 cm³/mol. The Kier molecular flexibility index (Phi) is 7.31. The van der Waals surface area contributed by atoms with Crippen LogP contribution in [0.3, 0.4) is 0 Å². The van der Waals surface area contributed by atoms with Gasteiger partial charge in [0.2, 0.25) is 11.8 Å². The van der Waals surface area contributed by atoms with Crippen LogP contribution >= 0.6 is 0 Å². The van der Waals surface area contributed by atoms with Crippen molar-refractivity contribution in [2.75, 3.05) is 24.3 Å². The lowest BCUT2D eigenvalue weighted by atomic mass is 9.91. The molecule has 2 amide bonds. The standard InChI is InChI=1S/C29H33N3O2/c1-31(2)26-17-15-25(16-18-26)30-28(34)29(19-9-10-20-29)32(22-24-13-7-4-8-14-24)27(33)21-23-11-5-3-6-12-23/h3-8,11-18H,9-10,19-22H2,1-2H3,(H,30,34). The van der Waals surface area contributed by atoms with Crippen molar-refractivity contribution in [1.29, 1.82) is 0 Å². The van der Waals surface area contributed by atoms with E-state index in [1.54, 1.807) is 0 Å². The minimum absolute atomic E-state index is 0.0185. The average Bonchev–Trinajstić information content (AvgIpc) is 3.35. The highest BCUT2D eigenvalue weighted by Gasteiger charge is 2.48. The highest BCUT2D eigenvalue weighted by Crippen LogP contribution is 2.38. The van der Waals surface area contributed by atoms with Gasteiger partial charge in [-0.25, -0.2) is 0 Å². The van der Waals surface area contributed by atoms with E-state index in [0.29, 0.717) is 19.4 Å². The van der Waals surface area contributed by atoms with Gasteiger partial charge in [0.15, 0.2) is 0 Å². The molecule has 1 aliphatic rings. The maximum Gasteiger partial charge on any atom is 0.250 e. The largest absolute Gasteiger partial charge is 0.378 e. The van der Waals surface area contributed by atoms with E-state index in [0.717, 1.165) is 35.3 Å². The maximum absolute atomic E-state index is 13.8. The molecule has 0 bridgehead atoms. The first-order chi connectivity index (χ1) is 16.5. The zero-order valence-electron chi connectivity index (χ0n) is 20.0. The van der Waals surface area contributed by atoms with Gasteiger partial charge >= 0.3 is 0 Å². The Balaban J connectivity index is 1.63. The van der Waals surface area contributed by atoms with Gasteiger partial charge in [-0.15, -0.1) is 0 Å². The summed E-state index contributed by atoms with van der Waals surface area (Å²) in [5.74, 6) is -0.116. The van der Waals surface area contributed by atoms with Crippen LogP contribution in [0.5, 0.6) is 0 Å². The molecule has 0 saturated heterocycles. The van der Waals surface area contributed by atoms with Crippen LogP contribution in [0.1, 0.15) is 36.8 Å². The number of amides is 2. The van der Waals surface area contributed by atoms with Crippen LogP contribution in [0.15, 0.2) is 84.9 Å². The Bertz CT molecular complexity index is 1090. The van der Waals surface area contributed by atoms with Crippen molar-refractivity contribution >= 4 is 23.2 Å². The van der Waals surface area contributed by atoms with E-state index >= 15 is 0 Å². The third-order valence-corrected chi connectivity index (χ3v) is 6.69. The van der Waals surface area contributed by atoms with Gasteiger partial charge in [0, 0.05) is 32.0 Å². The van der Waals surface area contributed by atoms with Crippen molar-refractivity contribution in [3.05, 3.63) is 96.1 Å². The maximum atomic E-state index is 13.8. The molecule has 0 spiro atoms. The fourth-order valence-electron chi connectivity index (χ4n) is 4.78. The molecule has 34 heavy (non-hydrogen) atoms. The molecule has 1 N–H and O–H groups in total. The molecule has 0 radical (unpaired) electrons. The van der Waals surface area contributed by atoms with E-state index in [-0.39, 0.29) is 18.2 Å². The minimum atomic E-state index is -0.859. The number of benzene rings is 3. The van der Waals surface area contributed by atoms with E-state index in [1.807, 2.05) is 109 Å². The van der Waals surface area contributed by atoms with Gasteiger partial charge in [-0.3, -0.25) is 9.59 Å². The molecule has 0 unspecified atom stereocenters. The van der Waals surface area contributed by atoms with E-state index in [9.17, 15) is 9.59 Å². The predicted octanol–water partition coefficient (Wildman–Crippen LogP) is 5.28. The summed E-state index contributed by atoms with van der Waals surface area (Å²) >= 11 is 0. The molecule has 1 fully saturated rings. The van der Waals surface area contributed by atoms with Gasteiger partial charge in [-0.05, 0) is 48.2 Å². The van der Waals surface area contributed by atoms with E-state index < -0.39 is 5.54 Å². The molecule has 1 saturated carbocycles. The van der Waals surface area contributed by atoms with Crippen LogP contribution in [-0.2, 0) is 22.6 Å². The second-order valence-electron chi connectivity index (χ2n) is 9.26. The lowest BCUT2D eigenvalue weighted by Gasteiger charge is -2.40. The number of carbonyl (C=O) groups is 2. The molecule has 5 heteroatoms. The van der Waals surface area contributed by atoms with Gasteiger partial charge in [0.25, 0.3) is 0 Å². The smallest absolute Gasteiger partial charge is 0.250 e. The summed E-state index contributed by atoms with van der Waals surface area (Å²) in [6.45, 7) is 0.416. The highest BCUT2D eigenvalue weighted by molar-refractivity contribution is 6.01. The molecule has 1 aliphatic carbocycles. The summed E-state index contributed by atoms with van der Waals surface area (Å²) in [6.07, 6.45) is 3.47. The lowest BCUT2D eigenvalue weighted by Crippen LogP contribution is -2.57. The average molecular weight is 456 g/mol. The number of anilines is 2. The Morgan fingerprint density at radius 1 is 0.794 bits per heavy atom. The Labute approximate surface area is 202 Å². The van der Waals surface area contributed by atoms with Crippen molar-refractivity contribution in [1.82, 2.24) is 4.90 Å². The van der Waals surface area contributed by atoms with Gasteiger partial charge in [0.05, 0.1) is 6.42 Å². The van der Waals surface area contributed by atoms with Crippen LogP contribution in [0.2, 0.25) is 0 Å². The summed E-state index contributed by atoms with van der Waals surface area (Å²) in [5, 5.41) is 3.12. The minimum Gasteiger partial charge on any atom is -0.378 e. The number of nitrogens with one attached hydrogen (secondary N) is 1. The Morgan fingerprint density at radius 2 is 1.35 bits per heavy atom. The molecule has 0 aliphatic heterocycles. The normalized spacial score (nSPS) is 14.4. The lowest BCUT2D eigenvalue weighted by molar-refractivity contribution is -0.145. The molecule has 5 nitrogen and oxygen atoms in total. The number of hydrogen-bond donors (Lipinski definition) is 1. The SMILES string of the molecule is CN(C)c1ccc(NC(=O)C2(N(Cc3ccccc3)C(=O)Cc3ccccc3)CCCC2)cc1. The molecule has 0 aromatic heterocycles. The summed E-state index contributed by atoms with van der Waals surface area (Å²) in [4.78, 5) is 31.4. The summed E-state index contributed by atoms with van der Waals surface area (Å²) in [5.41, 5.74) is 2.94. The first-order valence-electron chi connectivity index (χ1n) is 12.0. The summed E-state index contributed by atoms with van der Waals surface area (Å²) in [7, 11) is 3.97. The molecule has 0 atom stereocenters. The monoisotopic (exact) mass is 455 g/mol. The third kappa shape index (κ3) is 5.30. The highest BCUT2D eigenvalue weighted by atomic mass is 16.2. The third-order valence-electron chi connectivity index (χ3n) is 6.69. The van der Waals surface area contributed by atoms with Crippen LogP contribution in [0.25, 0.3) is 0 Å². The number of nitrogens with zero attached hydrogens (tertiary/aromatic N) is 2. The van der Waals surface area contributed by atoms with Crippen LogP contribution < -0.4 is 10.2 Å².